The summed E-state index contributed by atoms with van der Waals surface area (Å²) < 4.78 is 32.5. The van der Waals surface area contributed by atoms with Crippen LogP contribution in [0.3, 0.4) is 0 Å². The van der Waals surface area contributed by atoms with E-state index in [1.165, 1.54) is 0 Å². The van der Waals surface area contributed by atoms with Gasteiger partial charge in [-0.3, -0.25) is 4.79 Å². The molecular weight excluding hydrogens is 364 g/mol. The second-order valence-electron chi connectivity index (χ2n) is 7.06. The summed E-state index contributed by atoms with van der Waals surface area (Å²) in [5.41, 5.74) is 1.31. The number of hydrogen-bond donors (Lipinski definition) is 1. The van der Waals surface area contributed by atoms with Crippen molar-refractivity contribution in [3.05, 3.63) is 83.0 Å². The lowest BCUT2D eigenvalue weighted by atomic mass is 10.1. The molecule has 1 N–H and O–H groups in total. The number of benzene rings is 2. The molecule has 1 fully saturated rings. The molecule has 28 heavy (non-hydrogen) atoms. The van der Waals surface area contributed by atoms with Crippen LogP contribution in [0, 0.1) is 17.6 Å². The van der Waals surface area contributed by atoms with Gasteiger partial charge in [-0.1, -0.05) is 35.5 Å². The van der Waals surface area contributed by atoms with E-state index in [1.54, 1.807) is 6.92 Å². The monoisotopic (exact) mass is 383 g/mol. The molecule has 0 radical (unpaired) electrons. The minimum atomic E-state index is -0.507. The molecule has 1 aliphatic rings. The minimum absolute atomic E-state index is 0.232. The molecule has 144 valence electrons. The van der Waals surface area contributed by atoms with Gasteiger partial charge in [-0.05, 0) is 48.6 Å². The third-order valence-electron chi connectivity index (χ3n) is 4.90. The number of halogens is 2. The number of rotatable bonds is 6. The Morgan fingerprint density at radius 2 is 2.04 bits per heavy atom. The third-order valence-corrected chi connectivity index (χ3v) is 4.90. The van der Waals surface area contributed by atoms with Crippen molar-refractivity contribution >= 4 is 5.91 Å². The van der Waals surface area contributed by atoms with E-state index in [9.17, 15) is 13.6 Å². The fraction of sp³-hybridized carbons (Fsp3) is 0.286. The summed E-state index contributed by atoms with van der Waals surface area (Å²) in [6.07, 6.45) is 1.02. The van der Waals surface area contributed by atoms with Crippen molar-refractivity contribution in [2.45, 2.75) is 31.7 Å². The Morgan fingerprint density at radius 1 is 1.25 bits per heavy atom. The lowest BCUT2D eigenvalue weighted by Crippen LogP contribution is -2.28. The van der Waals surface area contributed by atoms with Crippen LogP contribution >= 0.6 is 0 Å². The first-order chi connectivity index (χ1) is 13.5. The Hall–Kier alpha value is -3.09. The zero-order chi connectivity index (χ0) is 19.7. The Morgan fingerprint density at radius 3 is 2.82 bits per heavy atom. The van der Waals surface area contributed by atoms with Gasteiger partial charge < -0.3 is 9.84 Å². The van der Waals surface area contributed by atoms with Crippen LogP contribution < -0.4 is 5.32 Å². The van der Waals surface area contributed by atoms with Crippen molar-refractivity contribution in [1.29, 1.82) is 0 Å². The summed E-state index contributed by atoms with van der Waals surface area (Å²) in [6.45, 7) is 1.75. The molecule has 1 heterocycles. The molecule has 1 aliphatic carbocycles. The summed E-state index contributed by atoms with van der Waals surface area (Å²) in [5.74, 6) is -1.07. The quantitative estimate of drug-likeness (QED) is 0.701. The lowest BCUT2D eigenvalue weighted by molar-refractivity contribution is -0.123. The van der Waals surface area contributed by atoms with Gasteiger partial charge in [-0.15, -0.1) is 0 Å². The molecule has 7 heteroatoms. The number of carbonyl (C=O) groups is 1. The highest BCUT2D eigenvalue weighted by atomic mass is 19.1. The Labute approximate surface area is 160 Å². The number of amides is 1. The summed E-state index contributed by atoms with van der Waals surface area (Å²) >= 11 is 0. The first-order valence-electron chi connectivity index (χ1n) is 9.13. The zero-order valence-corrected chi connectivity index (χ0v) is 15.2. The molecular formula is C21H19F2N3O2. The van der Waals surface area contributed by atoms with Gasteiger partial charge in [-0.2, -0.15) is 4.98 Å². The average Bonchev–Trinajstić information content (AvgIpc) is 3.35. The van der Waals surface area contributed by atoms with Gasteiger partial charge >= 0.3 is 0 Å². The Balaban J connectivity index is 1.36. The Kier molecular flexibility index (Phi) is 4.90. The standard InChI is InChI=1S/C21H19F2N3O2/c1-12(21-25-19(26-28-21)9-13-5-3-2-4-6-13)24-20(27)17-11-15(17)16-10-14(22)7-8-18(16)23/h2-8,10,12,15,17H,9,11H2,1H3,(H,24,27)/t12-,15+,17+/m0/s1. The molecule has 1 aromatic heterocycles. The van der Waals surface area contributed by atoms with Crippen LogP contribution in [0.5, 0.6) is 0 Å². The maximum atomic E-state index is 13.9. The van der Waals surface area contributed by atoms with Crippen molar-refractivity contribution < 1.29 is 18.1 Å². The van der Waals surface area contributed by atoms with Crippen LogP contribution in [0.15, 0.2) is 53.1 Å². The van der Waals surface area contributed by atoms with E-state index in [4.69, 9.17) is 4.52 Å². The second-order valence-corrected chi connectivity index (χ2v) is 7.06. The predicted molar refractivity (Wildman–Crippen MR) is 97.3 cm³/mol. The van der Waals surface area contributed by atoms with E-state index in [0.717, 1.165) is 23.8 Å². The van der Waals surface area contributed by atoms with E-state index in [1.807, 2.05) is 30.3 Å². The van der Waals surface area contributed by atoms with Crippen LogP contribution in [-0.4, -0.2) is 16.0 Å². The third kappa shape index (κ3) is 3.93. The fourth-order valence-electron chi connectivity index (χ4n) is 3.30. The maximum Gasteiger partial charge on any atom is 0.248 e. The normalized spacial score (nSPS) is 19.2. The van der Waals surface area contributed by atoms with Crippen molar-refractivity contribution in [2.75, 3.05) is 0 Å². The largest absolute Gasteiger partial charge is 0.344 e. The number of hydrogen-bond acceptors (Lipinski definition) is 4. The topological polar surface area (TPSA) is 68.0 Å². The van der Waals surface area contributed by atoms with Gasteiger partial charge in [0.25, 0.3) is 0 Å². The number of nitrogens with one attached hydrogen (secondary N) is 1. The molecule has 5 nitrogen and oxygen atoms in total. The summed E-state index contributed by atoms with van der Waals surface area (Å²) in [7, 11) is 0. The van der Waals surface area contributed by atoms with Crippen LogP contribution in [0.25, 0.3) is 0 Å². The van der Waals surface area contributed by atoms with Gasteiger partial charge in [0.1, 0.15) is 17.7 Å². The molecule has 3 aromatic rings. The number of carbonyl (C=O) groups excluding carboxylic acids is 1. The second kappa shape index (κ2) is 7.50. The Bertz CT molecular complexity index is 990. The van der Waals surface area contributed by atoms with Crippen LogP contribution in [0.2, 0.25) is 0 Å². The van der Waals surface area contributed by atoms with E-state index in [0.29, 0.717) is 24.6 Å². The minimum Gasteiger partial charge on any atom is -0.344 e. The first-order valence-corrected chi connectivity index (χ1v) is 9.13. The van der Waals surface area contributed by atoms with E-state index in [-0.39, 0.29) is 23.3 Å². The van der Waals surface area contributed by atoms with Crippen molar-refractivity contribution in [3.8, 4) is 0 Å². The van der Waals surface area contributed by atoms with E-state index in [2.05, 4.69) is 15.5 Å². The summed E-state index contributed by atoms with van der Waals surface area (Å²) in [6, 6.07) is 12.6. The molecule has 0 aliphatic heterocycles. The van der Waals surface area contributed by atoms with Crippen molar-refractivity contribution in [1.82, 2.24) is 15.5 Å². The highest BCUT2D eigenvalue weighted by Crippen LogP contribution is 2.48. The SMILES string of the molecule is C[C@H](NC(=O)[C@@H]1C[C@@H]1c1cc(F)ccc1F)c1nc(Cc2ccccc2)no1. The molecule has 0 saturated heterocycles. The highest BCUT2D eigenvalue weighted by molar-refractivity contribution is 5.83. The lowest BCUT2D eigenvalue weighted by Gasteiger charge is -2.09. The van der Waals surface area contributed by atoms with Crippen LogP contribution in [0.1, 0.15) is 48.1 Å². The van der Waals surface area contributed by atoms with E-state index < -0.39 is 17.7 Å². The fourth-order valence-corrected chi connectivity index (χ4v) is 3.30. The molecule has 0 unspecified atom stereocenters. The van der Waals surface area contributed by atoms with Gasteiger partial charge in [-0.25, -0.2) is 8.78 Å². The first kappa shape index (κ1) is 18.3. The maximum absolute atomic E-state index is 13.9. The summed E-state index contributed by atoms with van der Waals surface area (Å²) in [5, 5.41) is 6.77. The van der Waals surface area contributed by atoms with Crippen molar-refractivity contribution in [2.24, 2.45) is 5.92 Å². The molecule has 0 bridgehead atoms. The zero-order valence-electron chi connectivity index (χ0n) is 15.2. The molecule has 4 rings (SSSR count). The van der Waals surface area contributed by atoms with Gasteiger partial charge in [0.05, 0.1) is 0 Å². The average molecular weight is 383 g/mol. The van der Waals surface area contributed by atoms with Crippen molar-refractivity contribution in [3.63, 3.8) is 0 Å². The smallest absolute Gasteiger partial charge is 0.248 e. The predicted octanol–water partition coefficient (Wildman–Crippen LogP) is 3.92. The number of aromatic nitrogens is 2. The highest BCUT2D eigenvalue weighted by Gasteiger charge is 2.45. The molecule has 2 aromatic carbocycles. The molecule has 3 atom stereocenters. The molecule has 0 spiro atoms. The van der Waals surface area contributed by atoms with Crippen LogP contribution in [0.4, 0.5) is 8.78 Å². The van der Waals surface area contributed by atoms with Gasteiger partial charge in [0.15, 0.2) is 5.82 Å². The molecule has 1 saturated carbocycles. The summed E-state index contributed by atoms with van der Waals surface area (Å²) in [4.78, 5) is 16.8. The number of nitrogens with zero attached hydrogens (tertiary/aromatic N) is 2. The van der Waals surface area contributed by atoms with Gasteiger partial charge in [0.2, 0.25) is 11.8 Å². The van der Waals surface area contributed by atoms with Crippen LogP contribution in [-0.2, 0) is 11.2 Å². The van der Waals surface area contributed by atoms with E-state index >= 15 is 0 Å². The molecule has 1 amide bonds. The van der Waals surface area contributed by atoms with Gasteiger partial charge in [0, 0.05) is 12.3 Å².